The lowest BCUT2D eigenvalue weighted by molar-refractivity contribution is 0.0600. The Bertz CT molecular complexity index is 552. The highest BCUT2D eigenvalue weighted by Crippen LogP contribution is 2.50. The van der Waals surface area contributed by atoms with E-state index in [1.165, 1.54) is 7.11 Å². The summed E-state index contributed by atoms with van der Waals surface area (Å²) >= 11 is 0. The molecule has 1 aliphatic rings. The van der Waals surface area contributed by atoms with Crippen molar-refractivity contribution < 1.29 is 14.3 Å². The monoisotopic (exact) mass is 245 g/mol. The Balaban J connectivity index is 2.57. The smallest absolute Gasteiger partial charge is 0.337 e. The number of carbonyl (C=O) groups excluding carboxylic acids is 2. The van der Waals surface area contributed by atoms with E-state index < -0.39 is 5.54 Å². The van der Waals surface area contributed by atoms with Crippen molar-refractivity contribution in [3.05, 3.63) is 34.4 Å². The van der Waals surface area contributed by atoms with E-state index in [0.717, 1.165) is 29.5 Å². The summed E-state index contributed by atoms with van der Waals surface area (Å²) in [5.74, 6) is -0.370. The van der Waals surface area contributed by atoms with Crippen molar-refractivity contribution in [2.75, 3.05) is 7.11 Å². The van der Waals surface area contributed by atoms with Crippen LogP contribution in [0.3, 0.4) is 0 Å². The minimum absolute atomic E-state index is 0.370. The lowest BCUT2D eigenvalue weighted by atomic mass is 9.93. The molecule has 4 heteroatoms. The van der Waals surface area contributed by atoms with Crippen LogP contribution in [-0.4, -0.2) is 19.2 Å². The topological polar surface area (TPSA) is 55.7 Å². The predicted octanol–water partition coefficient (Wildman–Crippen LogP) is 2.41. The average molecular weight is 245 g/mol. The average Bonchev–Trinajstić information content (AvgIpc) is 3.12. The molecule has 18 heavy (non-hydrogen) atoms. The molecule has 1 saturated carbocycles. The fourth-order valence-electron chi connectivity index (χ4n) is 2.23. The van der Waals surface area contributed by atoms with E-state index in [0.29, 0.717) is 5.56 Å². The summed E-state index contributed by atoms with van der Waals surface area (Å²) in [6, 6.07) is 3.58. The van der Waals surface area contributed by atoms with Crippen LogP contribution in [0, 0.1) is 13.8 Å². The Morgan fingerprint density at radius 2 is 2.06 bits per heavy atom. The number of benzene rings is 1. The molecule has 2 rings (SSSR count). The Kier molecular flexibility index (Phi) is 3.05. The number of methoxy groups -OCH3 is 1. The summed E-state index contributed by atoms with van der Waals surface area (Å²) in [6.45, 7) is 3.91. The van der Waals surface area contributed by atoms with Crippen LogP contribution in [0.25, 0.3) is 0 Å². The number of hydrogen-bond donors (Lipinski definition) is 0. The first kappa shape index (κ1) is 12.5. The molecule has 1 aliphatic carbocycles. The van der Waals surface area contributed by atoms with Gasteiger partial charge in [-0.15, -0.1) is 0 Å². The molecule has 0 N–H and O–H groups in total. The number of rotatable bonds is 3. The van der Waals surface area contributed by atoms with Gasteiger partial charge in [0.25, 0.3) is 0 Å². The van der Waals surface area contributed by atoms with Gasteiger partial charge >= 0.3 is 5.97 Å². The van der Waals surface area contributed by atoms with Gasteiger partial charge in [-0.05, 0) is 55.5 Å². The fourth-order valence-corrected chi connectivity index (χ4v) is 2.23. The molecule has 0 saturated heterocycles. The van der Waals surface area contributed by atoms with Crippen molar-refractivity contribution in [2.24, 2.45) is 4.99 Å². The highest BCUT2D eigenvalue weighted by molar-refractivity contribution is 5.90. The van der Waals surface area contributed by atoms with Crippen molar-refractivity contribution >= 4 is 12.0 Å². The predicted molar refractivity (Wildman–Crippen MR) is 66.3 cm³/mol. The largest absolute Gasteiger partial charge is 0.465 e. The number of aliphatic imine (C=N–C) groups is 1. The second kappa shape index (κ2) is 4.39. The summed E-state index contributed by atoms with van der Waals surface area (Å²) < 4.78 is 4.73. The van der Waals surface area contributed by atoms with E-state index in [1.54, 1.807) is 18.2 Å². The molecule has 0 atom stereocenters. The first-order chi connectivity index (χ1) is 8.54. The van der Waals surface area contributed by atoms with Gasteiger partial charge in [-0.2, -0.15) is 4.99 Å². The molecule has 0 spiro atoms. The molecule has 0 aromatic heterocycles. The number of nitrogens with zero attached hydrogens (tertiary/aromatic N) is 1. The minimum atomic E-state index is -0.458. The van der Waals surface area contributed by atoms with Gasteiger partial charge < -0.3 is 4.74 Å². The highest BCUT2D eigenvalue weighted by Gasteiger charge is 2.46. The number of aryl methyl sites for hydroxylation is 1. The number of isocyanates is 1. The molecule has 0 amide bonds. The van der Waals surface area contributed by atoms with Gasteiger partial charge in [-0.1, -0.05) is 0 Å². The molecule has 1 aromatic rings. The van der Waals surface area contributed by atoms with Crippen molar-refractivity contribution in [2.45, 2.75) is 32.2 Å². The summed E-state index contributed by atoms with van der Waals surface area (Å²) in [6.07, 6.45) is 3.29. The Hall–Kier alpha value is -1.93. The van der Waals surface area contributed by atoms with E-state index in [4.69, 9.17) is 4.74 Å². The van der Waals surface area contributed by atoms with E-state index in [2.05, 4.69) is 4.99 Å². The number of ether oxygens (including phenoxy) is 1. The molecule has 4 nitrogen and oxygen atoms in total. The van der Waals surface area contributed by atoms with E-state index >= 15 is 0 Å². The Morgan fingerprint density at radius 1 is 1.39 bits per heavy atom. The second-order valence-corrected chi connectivity index (χ2v) is 4.69. The van der Waals surface area contributed by atoms with Crippen LogP contribution in [0.2, 0.25) is 0 Å². The zero-order valence-corrected chi connectivity index (χ0v) is 10.7. The van der Waals surface area contributed by atoms with Gasteiger partial charge in [0, 0.05) is 0 Å². The van der Waals surface area contributed by atoms with Crippen molar-refractivity contribution in [1.82, 2.24) is 0 Å². The summed E-state index contributed by atoms with van der Waals surface area (Å²) in [7, 11) is 1.35. The van der Waals surface area contributed by atoms with Crippen LogP contribution in [-0.2, 0) is 15.1 Å². The van der Waals surface area contributed by atoms with Crippen LogP contribution in [0.1, 0.15) is 39.9 Å². The molecule has 0 aliphatic heterocycles. The third-order valence-corrected chi connectivity index (χ3v) is 3.57. The Morgan fingerprint density at radius 3 is 2.56 bits per heavy atom. The second-order valence-electron chi connectivity index (χ2n) is 4.69. The lowest BCUT2D eigenvalue weighted by Gasteiger charge is -2.15. The van der Waals surface area contributed by atoms with Gasteiger partial charge in [0.1, 0.15) is 0 Å². The molecule has 1 aromatic carbocycles. The first-order valence-corrected chi connectivity index (χ1v) is 5.83. The Labute approximate surface area is 106 Å². The maximum Gasteiger partial charge on any atom is 0.337 e. The van der Waals surface area contributed by atoms with Gasteiger partial charge in [0.15, 0.2) is 0 Å². The van der Waals surface area contributed by atoms with E-state index in [1.807, 2.05) is 13.8 Å². The number of carbonyl (C=O) groups is 1. The van der Waals surface area contributed by atoms with Crippen LogP contribution < -0.4 is 0 Å². The third kappa shape index (κ3) is 1.95. The summed E-state index contributed by atoms with van der Waals surface area (Å²) in [4.78, 5) is 26.0. The molecule has 0 unspecified atom stereocenters. The summed E-state index contributed by atoms with van der Waals surface area (Å²) in [5, 5.41) is 0. The zero-order valence-electron chi connectivity index (χ0n) is 10.7. The summed E-state index contributed by atoms with van der Waals surface area (Å²) in [5.41, 5.74) is 3.05. The number of hydrogen-bond acceptors (Lipinski definition) is 4. The molecule has 0 bridgehead atoms. The van der Waals surface area contributed by atoms with Gasteiger partial charge in [0.05, 0.1) is 18.2 Å². The maximum absolute atomic E-state index is 11.6. The molecular formula is C14H15NO3. The van der Waals surface area contributed by atoms with Crippen LogP contribution in [0.5, 0.6) is 0 Å². The number of esters is 1. The zero-order chi connectivity index (χ0) is 13.3. The van der Waals surface area contributed by atoms with Crippen LogP contribution >= 0.6 is 0 Å². The molecule has 1 fully saturated rings. The highest BCUT2D eigenvalue weighted by atomic mass is 16.5. The quantitative estimate of drug-likeness (QED) is 0.467. The van der Waals surface area contributed by atoms with E-state index in [-0.39, 0.29) is 5.97 Å². The molecule has 94 valence electrons. The minimum Gasteiger partial charge on any atom is -0.465 e. The first-order valence-electron chi connectivity index (χ1n) is 5.83. The van der Waals surface area contributed by atoms with Gasteiger partial charge in [-0.25, -0.2) is 9.59 Å². The lowest BCUT2D eigenvalue weighted by Crippen LogP contribution is -2.10. The van der Waals surface area contributed by atoms with Gasteiger partial charge in [0.2, 0.25) is 6.08 Å². The van der Waals surface area contributed by atoms with Crippen LogP contribution in [0.4, 0.5) is 0 Å². The van der Waals surface area contributed by atoms with Crippen molar-refractivity contribution in [3.63, 3.8) is 0 Å². The fraction of sp³-hybridized carbons (Fsp3) is 0.429. The van der Waals surface area contributed by atoms with Crippen LogP contribution in [0.15, 0.2) is 17.1 Å². The van der Waals surface area contributed by atoms with Crippen molar-refractivity contribution in [1.29, 1.82) is 0 Å². The van der Waals surface area contributed by atoms with Crippen molar-refractivity contribution in [3.8, 4) is 0 Å². The molecular weight excluding hydrogens is 230 g/mol. The normalized spacial score (nSPS) is 15.7. The van der Waals surface area contributed by atoms with E-state index in [9.17, 15) is 9.59 Å². The third-order valence-electron chi connectivity index (χ3n) is 3.57. The standard InChI is InChI=1S/C14H15NO3/c1-9-6-11(13(17)18-3)7-12(10(9)2)14(4-5-14)15-8-16/h6-7H,4-5H2,1-3H3. The van der Waals surface area contributed by atoms with Gasteiger partial charge in [-0.3, -0.25) is 0 Å². The molecule has 0 heterocycles. The molecule has 0 radical (unpaired) electrons. The SMILES string of the molecule is COC(=O)c1cc(C)c(C)c(C2(N=C=O)CC2)c1. The maximum atomic E-state index is 11.6.